The Bertz CT molecular complexity index is 439. The number of hydrogen-bond donors (Lipinski definition) is 1. The van der Waals surface area contributed by atoms with Crippen molar-refractivity contribution < 1.29 is 9.90 Å². The van der Waals surface area contributed by atoms with Gasteiger partial charge in [-0.2, -0.15) is 11.8 Å². The maximum absolute atomic E-state index is 11.2. The Hall–Kier alpha value is -1.30. The zero-order valence-electron chi connectivity index (χ0n) is 9.88. The topological polar surface area (TPSA) is 66.3 Å². The van der Waals surface area contributed by atoms with Crippen LogP contribution in [0.25, 0.3) is 0 Å². The lowest BCUT2D eigenvalue weighted by atomic mass is 10.2. The molecule has 1 saturated heterocycles. The lowest BCUT2D eigenvalue weighted by molar-refractivity contribution is -0.138. The molecular weight excluding hydrogens is 238 g/mol. The predicted octanol–water partition coefficient (Wildman–Crippen LogP) is 1.10. The van der Waals surface area contributed by atoms with E-state index in [0.717, 1.165) is 17.1 Å². The van der Waals surface area contributed by atoms with Gasteiger partial charge in [0, 0.05) is 18.1 Å². The highest BCUT2D eigenvalue weighted by Gasteiger charge is 2.30. The van der Waals surface area contributed by atoms with Crippen LogP contribution >= 0.6 is 11.8 Å². The van der Waals surface area contributed by atoms with Crippen LogP contribution in [0.4, 0.5) is 5.82 Å². The Morgan fingerprint density at radius 3 is 2.94 bits per heavy atom. The molecular formula is C11H15N3O2S. The summed E-state index contributed by atoms with van der Waals surface area (Å²) in [7, 11) is 0. The Kier molecular flexibility index (Phi) is 3.51. The van der Waals surface area contributed by atoms with Crippen molar-refractivity contribution in [1.82, 2.24) is 9.97 Å². The van der Waals surface area contributed by atoms with E-state index in [4.69, 9.17) is 0 Å². The molecule has 1 N–H and O–H groups in total. The number of thioether (sulfide) groups is 1. The van der Waals surface area contributed by atoms with E-state index in [1.54, 1.807) is 18.0 Å². The van der Waals surface area contributed by atoms with Crippen molar-refractivity contribution in [2.45, 2.75) is 19.9 Å². The maximum Gasteiger partial charge on any atom is 0.327 e. The summed E-state index contributed by atoms with van der Waals surface area (Å²) in [5, 5.41) is 9.19. The number of carboxylic acids is 1. The first-order chi connectivity index (χ1) is 8.09. The fourth-order valence-electron chi connectivity index (χ4n) is 1.75. The van der Waals surface area contributed by atoms with E-state index in [0.29, 0.717) is 18.1 Å². The van der Waals surface area contributed by atoms with Gasteiger partial charge >= 0.3 is 5.97 Å². The molecule has 1 aromatic heterocycles. The van der Waals surface area contributed by atoms with E-state index in [1.165, 1.54) is 0 Å². The van der Waals surface area contributed by atoms with Crippen molar-refractivity contribution >= 4 is 23.5 Å². The van der Waals surface area contributed by atoms with Crippen LogP contribution in [0, 0.1) is 13.8 Å². The van der Waals surface area contributed by atoms with E-state index < -0.39 is 12.0 Å². The Balaban J connectivity index is 2.29. The molecule has 1 aliphatic rings. The first-order valence-corrected chi connectivity index (χ1v) is 6.62. The minimum atomic E-state index is -0.794. The van der Waals surface area contributed by atoms with Gasteiger partial charge in [-0.3, -0.25) is 4.98 Å². The first-order valence-electron chi connectivity index (χ1n) is 5.47. The second kappa shape index (κ2) is 4.91. The van der Waals surface area contributed by atoms with Crippen LogP contribution in [0.5, 0.6) is 0 Å². The van der Waals surface area contributed by atoms with Gasteiger partial charge in [0.2, 0.25) is 0 Å². The number of nitrogens with zero attached hydrogens (tertiary/aromatic N) is 3. The molecule has 0 radical (unpaired) electrons. The number of hydrogen-bond acceptors (Lipinski definition) is 5. The van der Waals surface area contributed by atoms with Crippen LogP contribution in [-0.4, -0.2) is 45.1 Å². The molecule has 92 valence electrons. The summed E-state index contributed by atoms with van der Waals surface area (Å²) in [6.45, 7) is 4.49. The second-order valence-corrected chi connectivity index (χ2v) is 5.17. The van der Waals surface area contributed by atoms with Gasteiger partial charge in [0.25, 0.3) is 0 Å². The summed E-state index contributed by atoms with van der Waals surface area (Å²) in [6.07, 6.45) is 1.66. The molecule has 2 heterocycles. The first kappa shape index (κ1) is 12.2. The van der Waals surface area contributed by atoms with Crippen LogP contribution in [0.3, 0.4) is 0 Å². The molecule has 1 fully saturated rings. The molecule has 2 rings (SSSR count). The van der Waals surface area contributed by atoms with Crippen molar-refractivity contribution in [2.24, 2.45) is 0 Å². The van der Waals surface area contributed by atoms with Gasteiger partial charge in [-0.25, -0.2) is 9.78 Å². The van der Waals surface area contributed by atoms with Crippen LogP contribution in [-0.2, 0) is 4.79 Å². The minimum absolute atomic E-state index is 0.495. The third-order valence-electron chi connectivity index (χ3n) is 2.89. The smallest absolute Gasteiger partial charge is 0.327 e. The highest BCUT2D eigenvalue weighted by atomic mass is 32.2. The summed E-state index contributed by atoms with van der Waals surface area (Å²) in [4.78, 5) is 21.7. The van der Waals surface area contributed by atoms with E-state index in [-0.39, 0.29) is 0 Å². The third kappa shape index (κ3) is 2.52. The number of anilines is 1. The number of aryl methyl sites for hydroxylation is 2. The largest absolute Gasteiger partial charge is 0.480 e. The molecule has 1 atom stereocenters. The van der Waals surface area contributed by atoms with Gasteiger partial charge in [0.15, 0.2) is 0 Å². The van der Waals surface area contributed by atoms with Crippen molar-refractivity contribution in [3.05, 3.63) is 17.6 Å². The Morgan fingerprint density at radius 1 is 1.53 bits per heavy atom. The van der Waals surface area contributed by atoms with Gasteiger partial charge in [-0.05, 0) is 13.8 Å². The lowest BCUT2D eigenvalue weighted by Crippen LogP contribution is -2.48. The van der Waals surface area contributed by atoms with E-state index in [2.05, 4.69) is 9.97 Å². The molecule has 0 aromatic carbocycles. The maximum atomic E-state index is 11.2. The molecule has 6 heteroatoms. The quantitative estimate of drug-likeness (QED) is 0.851. The normalized spacial score (nSPS) is 20.4. The summed E-state index contributed by atoms with van der Waals surface area (Å²) < 4.78 is 0. The van der Waals surface area contributed by atoms with Crippen LogP contribution < -0.4 is 4.90 Å². The van der Waals surface area contributed by atoms with Gasteiger partial charge in [0.05, 0.1) is 17.6 Å². The molecule has 1 aromatic rings. The highest BCUT2D eigenvalue weighted by molar-refractivity contribution is 7.99. The van der Waals surface area contributed by atoms with Crippen LogP contribution in [0.1, 0.15) is 11.4 Å². The molecule has 5 nitrogen and oxygen atoms in total. The SMILES string of the molecule is Cc1ncc(N2CCSCC2C(=O)O)nc1C. The molecule has 17 heavy (non-hydrogen) atoms. The van der Waals surface area contributed by atoms with Gasteiger partial charge in [-0.15, -0.1) is 0 Å². The van der Waals surface area contributed by atoms with Crippen LogP contribution in [0.2, 0.25) is 0 Å². The fourth-order valence-corrected chi connectivity index (χ4v) is 2.79. The van der Waals surface area contributed by atoms with Gasteiger partial charge < -0.3 is 10.0 Å². The molecule has 1 unspecified atom stereocenters. The van der Waals surface area contributed by atoms with E-state index in [9.17, 15) is 9.90 Å². The van der Waals surface area contributed by atoms with E-state index in [1.807, 2.05) is 18.7 Å². The van der Waals surface area contributed by atoms with Gasteiger partial charge in [-0.1, -0.05) is 0 Å². The van der Waals surface area contributed by atoms with Crippen molar-refractivity contribution in [3.8, 4) is 0 Å². The average molecular weight is 253 g/mol. The molecule has 0 amide bonds. The summed E-state index contributed by atoms with van der Waals surface area (Å²) in [5.74, 6) is 1.40. The Morgan fingerprint density at radius 2 is 2.29 bits per heavy atom. The molecule has 0 bridgehead atoms. The van der Waals surface area contributed by atoms with Crippen molar-refractivity contribution in [1.29, 1.82) is 0 Å². The lowest BCUT2D eigenvalue weighted by Gasteiger charge is -2.33. The second-order valence-electron chi connectivity index (χ2n) is 4.02. The minimum Gasteiger partial charge on any atom is -0.480 e. The van der Waals surface area contributed by atoms with Crippen LogP contribution in [0.15, 0.2) is 6.20 Å². The zero-order valence-corrected chi connectivity index (χ0v) is 10.7. The number of carbonyl (C=O) groups is 1. The molecule has 0 spiro atoms. The van der Waals surface area contributed by atoms with Gasteiger partial charge in [0.1, 0.15) is 11.9 Å². The standard InChI is InChI=1S/C11H15N3O2S/c1-7-8(2)13-10(5-12-7)14-3-4-17-6-9(14)11(15)16/h5,9H,3-4,6H2,1-2H3,(H,15,16). The Labute approximate surface area is 104 Å². The van der Waals surface area contributed by atoms with Crippen molar-refractivity contribution in [2.75, 3.05) is 23.0 Å². The summed E-state index contributed by atoms with van der Waals surface area (Å²) >= 11 is 1.67. The third-order valence-corrected chi connectivity index (χ3v) is 3.91. The fraction of sp³-hybridized carbons (Fsp3) is 0.545. The number of carboxylic acid groups (broad SMARTS) is 1. The highest BCUT2D eigenvalue weighted by Crippen LogP contribution is 2.22. The molecule has 0 aliphatic carbocycles. The summed E-state index contributed by atoms with van der Waals surface area (Å²) in [6, 6.07) is -0.495. The monoisotopic (exact) mass is 253 g/mol. The average Bonchev–Trinajstić information content (AvgIpc) is 2.32. The zero-order chi connectivity index (χ0) is 12.4. The number of aromatic nitrogens is 2. The molecule has 1 aliphatic heterocycles. The number of aliphatic carboxylic acids is 1. The number of rotatable bonds is 2. The summed E-state index contributed by atoms with van der Waals surface area (Å²) in [5.41, 5.74) is 1.73. The molecule has 0 saturated carbocycles. The predicted molar refractivity (Wildman–Crippen MR) is 67.6 cm³/mol. The van der Waals surface area contributed by atoms with E-state index >= 15 is 0 Å². The van der Waals surface area contributed by atoms with Crippen molar-refractivity contribution in [3.63, 3.8) is 0 Å².